The van der Waals surface area contributed by atoms with Crippen molar-refractivity contribution in [3.05, 3.63) is 83.8 Å². The first-order chi connectivity index (χ1) is 23.3. The summed E-state index contributed by atoms with van der Waals surface area (Å²) in [4.78, 5) is 48.5. The Balaban J connectivity index is 1.37. The number of anilines is 2. The number of hydrogen-bond acceptors (Lipinski definition) is 10. The van der Waals surface area contributed by atoms with E-state index in [9.17, 15) is 14.4 Å². The molecule has 0 saturated heterocycles. The van der Waals surface area contributed by atoms with Crippen LogP contribution in [0.15, 0.2) is 66.9 Å². The molecule has 2 aromatic heterocycles. The Labute approximate surface area is 280 Å². The summed E-state index contributed by atoms with van der Waals surface area (Å²) in [6.07, 6.45) is 4.98. The Morgan fingerprint density at radius 2 is 1.73 bits per heavy atom. The zero-order chi connectivity index (χ0) is 34.3. The minimum absolute atomic E-state index is 0.00195. The van der Waals surface area contributed by atoms with Crippen LogP contribution in [0.5, 0.6) is 0 Å². The van der Waals surface area contributed by atoms with E-state index < -0.39 is 12.1 Å². The lowest BCUT2D eigenvalue weighted by Gasteiger charge is -2.21. The van der Waals surface area contributed by atoms with Gasteiger partial charge in [-0.3, -0.25) is 25.2 Å². The lowest BCUT2D eigenvalue weighted by molar-refractivity contribution is -0.144. The van der Waals surface area contributed by atoms with Gasteiger partial charge in [0.15, 0.2) is 0 Å². The summed E-state index contributed by atoms with van der Waals surface area (Å²) in [6, 6.07) is 17.7. The molecule has 254 valence electrons. The average Bonchev–Trinajstić information content (AvgIpc) is 3.42. The van der Waals surface area contributed by atoms with E-state index in [0.29, 0.717) is 42.2 Å². The molecule has 2 aromatic carbocycles. The predicted molar refractivity (Wildman–Crippen MR) is 183 cm³/mol. The summed E-state index contributed by atoms with van der Waals surface area (Å²) in [5.74, 6) is 0.384. The summed E-state index contributed by atoms with van der Waals surface area (Å²) in [5, 5.41) is 14.0. The van der Waals surface area contributed by atoms with Gasteiger partial charge in [-0.15, -0.1) is 0 Å². The first-order valence-electron chi connectivity index (χ1n) is 16.0. The number of nitrogens with one attached hydrogen (secondary N) is 3. The number of carbonyl (C=O) groups excluding carboxylic acids is 3. The molecule has 2 amide bonds. The Morgan fingerprint density at radius 3 is 2.46 bits per heavy atom. The summed E-state index contributed by atoms with van der Waals surface area (Å²) < 4.78 is 17.2. The molecule has 0 aliphatic carbocycles. The van der Waals surface area contributed by atoms with Gasteiger partial charge in [0.1, 0.15) is 24.1 Å². The number of rotatable bonds is 17. The highest BCUT2D eigenvalue weighted by molar-refractivity contribution is 6.07. The Bertz CT molecular complexity index is 1670. The Hall–Kier alpha value is -5.30. The van der Waals surface area contributed by atoms with Crippen LogP contribution in [0.4, 0.5) is 16.3 Å². The van der Waals surface area contributed by atoms with Gasteiger partial charge in [0.05, 0.1) is 37.2 Å². The Morgan fingerprint density at radius 1 is 0.938 bits per heavy atom. The lowest BCUT2D eigenvalue weighted by Crippen LogP contribution is -2.34. The number of ether oxygens (including phenoxy) is 3. The number of methoxy groups -OCH3 is 1. The van der Waals surface area contributed by atoms with E-state index in [2.05, 4.69) is 22.5 Å². The molecule has 13 nitrogen and oxygen atoms in total. The van der Waals surface area contributed by atoms with Crippen molar-refractivity contribution >= 4 is 46.3 Å². The van der Waals surface area contributed by atoms with E-state index in [1.165, 1.54) is 12.0 Å². The van der Waals surface area contributed by atoms with Crippen LogP contribution >= 0.6 is 0 Å². The van der Waals surface area contributed by atoms with Gasteiger partial charge < -0.3 is 24.1 Å². The normalized spacial score (nSPS) is 10.8. The molecule has 3 N–H and O–H groups in total. The van der Waals surface area contributed by atoms with Crippen molar-refractivity contribution in [1.82, 2.24) is 19.9 Å². The minimum atomic E-state index is -0.631. The van der Waals surface area contributed by atoms with Crippen molar-refractivity contribution in [2.45, 2.75) is 45.6 Å². The summed E-state index contributed by atoms with van der Waals surface area (Å²) in [5.41, 5.74) is 3.25. The van der Waals surface area contributed by atoms with Crippen LogP contribution < -0.4 is 15.5 Å². The second-order valence-electron chi connectivity index (χ2n) is 11.0. The van der Waals surface area contributed by atoms with Crippen molar-refractivity contribution in [3.63, 3.8) is 0 Å². The number of alkyl carbamates (subject to hydrolysis) is 1. The molecule has 0 radical (unpaired) electrons. The molecule has 0 bridgehead atoms. The second-order valence-corrected chi connectivity index (χ2v) is 11.0. The summed E-state index contributed by atoms with van der Waals surface area (Å²) >= 11 is 0. The molecule has 13 heteroatoms. The van der Waals surface area contributed by atoms with Crippen LogP contribution in [0.2, 0.25) is 0 Å². The molecule has 0 fully saturated rings. The highest BCUT2D eigenvalue weighted by atomic mass is 16.6. The fourth-order valence-electron chi connectivity index (χ4n) is 4.88. The van der Waals surface area contributed by atoms with Crippen LogP contribution in [0.1, 0.15) is 60.8 Å². The quantitative estimate of drug-likeness (QED) is 0.0581. The Kier molecular flexibility index (Phi) is 13.4. The van der Waals surface area contributed by atoms with Crippen molar-refractivity contribution in [3.8, 4) is 0 Å². The lowest BCUT2D eigenvalue weighted by atomic mass is 10.1. The number of carbonyl (C=O) groups is 3. The highest BCUT2D eigenvalue weighted by Crippen LogP contribution is 2.21. The van der Waals surface area contributed by atoms with Crippen LogP contribution in [0.3, 0.4) is 0 Å². The fourth-order valence-corrected chi connectivity index (χ4v) is 4.88. The molecule has 4 rings (SSSR count). The number of amidine groups is 1. The van der Waals surface area contributed by atoms with Gasteiger partial charge in [-0.2, -0.15) is 0 Å². The maximum Gasteiger partial charge on any atom is 0.412 e. The molecule has 0 aliphatic rings. The van der Waals surface area contributed by atoms with E-state index in [0.717, 1.165) is 42.7 Å². The molecule has 2 heterocycles. The highest BCUT2D eigenvalue weighted by Gasteiger charge is 2.21. The monoisotopic (exact) mass is 657 g/mol. The average molecular weight is 658 g/mol. The van der Waals surface area contributed by atoms with Gasteiger partial charge >= 0.3 is 12.1 Å². The SMILES string of the molecule is CCCCCCOC(=O)NC(=N)c1ccc(NCc2nc3cc(C(=O)N(CCC(=O)OCCOC)c4ccccn4)ccc3n2C)cc1. The first-order valence-corrected chi connectivity index (χ1v) is 16.0. The van der Waals surface area contributed by atoms with Gasteiger partial charge in [-0.1, -0.05) is 32.3 Å². The van der Waals surface area contributed by atoms with Crippen molar-refractivity contribution in [2.75, 3.05) is 43.7 Å². The maximum absolute atomic E-state index is 13.7. The fraction of sp³-hybridized carbons (Fsp3) is 0.371. The zero-order valence-electron chi connectivity index (χ0n) is 27.7. The van der Waals surface area contributed by atoms with Crippen LogP contribution in [-0.4, -0.2) is 71.8 Å². The molecular formula is C35H43N7O6. The summed E-state index contributed by atoms with van der Waals surface area (Å²) in [7, 11) is 3.43. The van der Waals surface area contributed by atoms with E-state index in [1.807, 2.05) is 29.8 Å². The van der Waals surface area contributed by atoms with E-state index in [-0.39, 0.29) is 31.3 Å². The van der Waals surface area contributed by atoms with E-state index >= 15 is 0 Å². The van der Waals surface area contributed by atoms with E-state index in [4.69, 9.17) is 24.6 Å². The topological polar surface area (TPSA) is 161 Å². The van der Waals surface area contributed by atoms with Crippen molar-refractivity contribution in [1.29, 1.82) is 5.41 Å². The third-order valence-corrected chi connectivity index (χ3v) is 7.56. The van der Waals surface area contributed by atoms with Gasteiger partial charge in [-0.25, -0.2) is 14.8 Å². The molecule has 48 heavy (non-hydrogen) atoms. The van der Waals surface area contributed by atoms with Gasteiger partial charge in [0.25, 0.3) is 5.91 Å². The van der Waals surface area contributed by atoms with Gasteiger partial charge in [0.2, 0.25) is 0 Å². The van der Waals surface area contributed by atoms with Gasteiger partial charge in [0, 0.05) is 43.7 Å². The first kappa shape index (κ1) is 35.6. The molecule has 0 spiro atoms. The van der Waals surface area contributed by atoms with Crippen molar-refractivity contribution < 1.29 is 28.6 Å². The number of unbranched alkanes of at least 4 members (excludes halogenated alkanes) is 3. The van der Waals surface area contributed by atoms with Crippen LogP contribution in [0.25, 0.3) is 11.0 Å². The van der Waals surface area contributed by atoms with Gasteiger partial charge in [-0.05, 0) is 61.0 Å². The number of esters is 1. The third kappa shape index (κ3) is 10.1. The molecule has 0 saturated carbocycles. The predicted octanol–water partition coefficient (Wildman–Crippen LogP) is 5.44. The molecule has 4 aromatic rings. The van der Waals surface area contributed by atoms with Crippen LogP contribution in [-0.2, 0) is 32.6 Å². The number of aryl methyl sites for hydroxylation is 1. The number of amides is 2. The largest absolute Gasteiger partial charge is 0.463 e. The zero-order valence-corrected chi connectivity index (χ0v) is 27.7. The second kappa shape index (κ2) is 18.1. The molecule has 0 unspecified atom stereocenters. The molecular weight excluding hydrogens is 614 g/mol. The number of aromatic nitrogens is 3. The smallest absolute Gasteiger partial charge is 0.412 e. The molecule has 0 atom stereocenters. The number of nitrogens with zero attached hydrogens (tertiary/aromatic N) is 4. The number of benzene rings is 2. The third-order valence-electron chi connectivity index (χ3n) is 7.56. The minimum Gasteiger partial charge on any atom is -0.463 e. The van der Waals surface area contributed by atoms with Crippen molar-refractivity contribution in [2.24, 2.45) is 7.05 Å². The number of pyridine rings is 1. The standard InChI is InChI=1S/C35H43N7O6/c1-4-5-6-9-20-48-35(45)40-33(36)25-11-14-27(15-12-25)38-24-31-39-28-23-26(13-16-29(28)41(31)2)34(44)42(30-10-7-8-18-37-30)19-17-32(43)47-22-21-46-3/h7-8,10-16,18,23,38H,4-6,9,17,19-22,24H2,1-3H3,(H2,36,40,45). The number of imidazole rings is 1. The summed E-state index contributed by atoms with van der Waals surface area (Å²) in [6.45, 7) is 3.39. The van der Waals surface area contributed by atoms with Crippen LogP contribution in [0, 0.1) is 5.41 Å². The maximum atomic E-state index is 13.7. The number of hydrogen-bond donors (Lipinski definition) is 3. The van der Waals surface area contributed by atoms with E-state index in [1.54, 1.807) is 48.7 Å². The number of fused-ring (bicyclic) bond motifs is 1. The molecule has 0 aliphatic heterocycles.